The molecule has 0 fully saturated rings. The summed E-state index contributed by atoms with van der Waals surface area (Å²) in [4.78, 5) is 13.3. The lowest BCUT2D eigenvalue weighted by atomic mass is 9.87. The Morgan fingerprint density at radius 2 is 1.13 bits per heavy atom. The summed E-state index contributed by atoms with van der Waals surface area (Å²) >= 11 is 0. The van der Waals surface area contributed by atoms with Gasteiger partial charge in [0.2, 0.25) is 0 Å². The Hall–Kier alpha value is -3.07. The molecule has 1 N–H and O–H groups in total. The molecule has 1 amide bonds. The average molecular weight is 401 g/mol. The van der Waals surface area contributed by atoms with Crippen LogP contribution in [0.5, 0.6) is 0 Å². The maximum absolute atomic E-state index is 13.3. The van der Waals surface area contributed by atoms with E-state index in [-0.39, 0.29) is 16.7 Å². The maximum atomic E-state index is 13.3. The first-order chi connectivity index (χ1) is 14.1. The number of hydrazine groups is 1. The van der Waals surface area contributed by atoms with Crippen LogP contribution < -0.4 is 10.4 Å². The van der Waals surface area contributed by atoms with Crippen LogP contribution in [-0.4, -0.2) is 5.91 Å². The van der Waals surface area contributed by atoms with Crippen LogP contribution in [0.1, 0.15) is 63.0 Å². The molecular formula is C27H32N2O. The monoisotopic (exact) mass is 400 g/mol. The van der Waals surface area contributed by atoms with Crippen molar-refractivity contribution < 1.29 is 4.79 Å². The molecule has 0 atom stereocenters. The van der Waals surface area contributed by atoms with Crippen LogP contribution in [0.2, 0.25) is 0 Å². The number of anilines is 2. The number of amides is 1. The molecular weight excluding hydrogens is 368 g/mol. The van der Waals surface area contributed by atoms with E-state index in [1.54, 1.807) is 5.01 Å². The minimum Gasteiger partial charge on any atom is -0.291 e. The van der Waals surface area contributed by atoms with Crippen molar-refractivity contribution in [3.63, 3.8) is 0 Å². The Balaban J connectivity index is 1.95. The molecule has 3 aromatic rings. The van der Waals surface area contributed by atoms with E-state index in [9.17, 15) is 4.79 Å². The highest BCUT2D eigenvalue weighted by atomic mass is 16.2. The largest absolute Gasteiger partial charge is 0.291 e. The summed E-state index contributed by atoms with van der Waals surface area (Å²) in [5.41, 5.74) is 8.25. The zero-order chi connectivity index (χ0) is 21.9. The minimum absolute atomic E-state index is 0.0585. The molecule has 0 aliphatic rings. The summed E-state index contributed by atoms with van der Waals surface area (Å²) in [6.45, 7) is 13.1. The summed E-state index contributed by atoms with van der Waals surface area (Å²) in [6.07, 6.45) is 0. The van der Waals surface area contributed by atoms with E-state index in [1.807, 2.05) is 54.6 Å². The molecule has 0 bridgehead atoms. The number of hydrogen-bond acceptors (Lipinski definition) is 2. The molecule has 3 aromatic carbocycles. The van der Waals surface area contributed by atoms with Gasteiger partial charge >= 0.3 is 0 Å². The number of hydrogen-bond donors (Lipinski definition) is 1. The predicted octanol–water partition coefficient (Wildman–Crippen LogP) is 6.96. The fraction of sp³-hybridized carbons (Fsp3) is 0.296. The molecule has 156 valence electrons. The van der Waals surface area contributed by atoms with Crippen molar-refractivity contribution in [3.05, 3.63) is 95.6 Å². The molecule has 3 heteroatoms. The third-order valence-electron chi connectivity index (χ3n) is 5.21. The molecule has 0 saturated heterocycles. The summed E-state index contributed by atoms with van der Waals surface area (Å²) in [6, 6.07) is 25.8. The SMILES string of the molecule is CC(C)(C)c1ccc(NN(C(=O)c2ccccc2)c2ccc(C(C)(C)C)cc2)cc1. The Labute approximate surface area is 180 Å². The van der Waals surface area contributed by atoms with E-state index in [0.29, 0.717) is 5.56 Å². The Morgan fingerprint density at radius 1 is 0.667 bits per heavy atom. The van der Waals surface area contributed by atoms with E-state index in [0.717, 1.165) is 11.4 Å². The van der Waals surface area contributed by atoms with Crippen LogP contribution >= 0.6 is 0 Å². The fourth-order valence-electron chi connectivity index (χ4n) is 3.23. The second-order valence-electron chi connectivity index (χ2n) is 9.74. The first-order valence-corrected chi connectivity index (χ1v) is 10.4. The lowest BCUT2D eigenvalue weighted by molar-refractivity contribution is 0.0992. The van der Waals surface area contributed by atoms with Gasteiger partial charge in [0.1, 0.15) is 0 Å². The summed E-state index contributed by atoms with van der Waals surface area (Å²) in [5, 5.41) is 1.62. The number of carbonyl (C=O) groups is 1. The van der Waals surface area contributed by atoms with Crippen LogP contribution in [0.25, 0.3) is 0 Å². The molecule has 0 aliphatic carbocycles. The lowest BCUT2D eigenvalue weighted by Gasteiger charge is -2.27. The highest BCUT2D eigenvalue weighted by Gasteiger charge is 2.20. The topological polar surface area (TPSA) is 32.3 Å². The van der Waals surface area contributed by atoms with Crippen molar-refractivity contribution in [1.82, 2.24) is 0 Å². The zero-order valence-electron chi connectivity index (χ0n) is 18.9. The van der Waals surface area contributed by atoms with E-state index in [1.165, 1.54) is 11.1 Å². The van der Waals surface area contributed by atoms with Gasteiger partial charge in [0.25, 0.3) is 5.91 Å². The van der Waals surface area contributed by atoms with Gasteiger partial charge in [0, 0.05) is 5.56 Å². The van der Waals surface area contributed by atoms with Gasteiger partial charge < -0.3 is 0 Å². The molecule has 0 heterocycles. The van der Waals surface area contributed by atoms with Crippen LogP contribution in [-0.2, 0) is 10.8 Å². The van der Waals surface area contributed by atoms with Gasteiger partial charge in [0.05, 0.1) is 11.4 Å². The van der Waals surface area contributed by atoms with Crippen molar-refractivity contribution in [2.24, 2.45) is 0 Å². The summed E-state index contributed by atoms with van der Waals surface area (Å²) in [5.74, 6) is -0.0981. The molecule has 0 aliphatic heterocycles. The standard InChI is InChI=1S/C27H32N2O/c1-26(2,3)21-12-16-23(17-13-21)28-29(25(30)20-10-8-7-9-11-20)24-18-14-22(15-19-24)27(4,5)6/h7-19,28H,1-6H3. The third-order valence-corrected chi connectivity index (χ3v) is 5.21. The zero-order valence-corrected chi connectivity index (χ0v) is 18.9. The van der Waals surface area contributed by atoms with Crippen molar-refractivity contribution in [3.8, 4) is 0 Å². The van der Waals surface area contributed by atoms with Gasteiger partial charge in [-0.25, -0.2) is 5.01 Å². The Morgan fingerprint density at radius 3 is 1.60 bits per heavy atom. The van der Waals surface area contributed by atoms with Crippen molar-refractivity contribution in [1.29, 1.82) is 0 Å². The second-order valence-corrected chi connectivity index (χ2v) is 9.74. The average Bonchev–Trinajstić information content (AvgIpc) is 2.71. The second kappa shape index (κ2) is 8.35. The van der Waals surface area contributed by atoms with E-state index in [4.69, 9.17) is 0 Å². The predicted molar refractivity (Wildman–Crippen MR) is 127 cm³/mol. The Kier molecular flexibility index (Phi) is 6.02. The molecule has 3 rings (SSSR count). The van der Waals surface area contributed by atoms with E-state index < -0.39 is 0 Å². The quantitative estimate of drug-likeness (QED) is 0.480. The lowest BCUT2D eigenvalue weighted by Crippen LogP contribution is -2.36. The van der Waals surface area contributed by atoms with Crippen LogP contribution in [0, 0.1) is 0 Å². The number of rotatable bonds is 4. The maximum Gasteiger partial charge on any atom is 0.276 e. The first-order valence-electron chi connectivity index (χ1n) is 10.4. The van der Waals surface area contributed by atoms with Gasteiger partial charge in [-0.3, -0.25) is 10.2 Å². The molecule has 0 spiro atoms. The summed E-state index contributed by atoms with van der Waals surface area (Å²) < 4.78 is 0. The summed E-state index contributed by atoms with van der Waals surface area (Å²) in [7, 11) is 0. The molecule has 0 aromatic heterocycles. The molecule has 3 nitrogen and oxygen atoms in total. The van der Waals surface area contributed by atoms with Crippen molar-refractivity contribution in [2.75, 3.05) is 10.4 Å². The van der Waals surface area contributed by atoms with Gasteiger partial charge in [-0.05, 0) is 58.4 Å². The van der Waals surface area contributed by atoms with E-state index >= 15 is 0 Å². The van der Waals surface area contributed by atoms with Gasteiger partial charge in [0.15, 0.2) is 0 Å². The fourth-order valence-corrected chi connectivity index (χ4v) is 3.23. The van der Waals surface area contributed by atoms with Crippen LogP contribution in [0.4, 0.5) is 11.4 Å². The molecule has 30 heavy (non-hydrogen) atoms. The van der Waals surface area contributed by atoms with Crippen LogP contribution in [0.15, 0.2) is 78.9 Å². The number of benzene rings is 3. The molecule has 0 radical (unpaired) electrons. The molecule has 0 saturated carbocycles. The molecule has 0 unspecified atom stereocenters. The van der Waals surface area contributed by atoms with Gasteiger partial charge in [-0.2, -0.15) is 0 Å². The van der Waals surface area contributed by atoms with Gasteiger partial charge in [-0.1, -0.05) is 84.0 Å². The number of carbonyl (C=O) groups excluding carboxylic acids is 1. The number of nitrogens with zero attached hydrogens (tertiary/aromatic N) is 1. The normalized spacial score (nSPS) is 11.8. The highest BCUT2D eigenvalue weighted by molar-refractivity contribution is 6.07. The highest BCUT2D eigenvalue weighted by Crippen LogP contribution is 2.27. The van der Waals surface area contributed by atoms with E-state index in [2.05, 4.69) is 71.2 Å². The third kappa shape index (κ3) is 5.10. The number of nitrogens with one attached hydrogen (secondary N) is 1. The van der Waals surface area contributed by atoms with Crippen LogP contribution in [0.3, 0.4) is 0 Å². The van der Waals surface area contributed by atoms with Crippen molar-refractivity contribution in [2.45, 2.75) is 52.4 Å². The Bertz CT molecular complexity index is 976. The smallest absolute Gasteiger partial charge is 0.276 e. The van der Waals surface area contributed by atoms with Gasteiger partial charge in [-0.15, -0.1) is 0 Å². The first kappa shape index (κ1) is 21.6. The van der Waals surface area contributed by atoms with Crippen molar-refractivity contribution >= 4 is 17.3 Å². The minimum atomic E-state index is -0.0981.